The first-order chi connectivity index (χ1) is 10.8. The van der Waals surface area contributed by atoms with Gasteiger partial charge in [0.1, 0.15) is 11.5 Å². The molecule has 0 spiro atoms. The van der Waals surface area contributed by atoms with Crippen LogP contribution < -0.4 is 19.7 Å². The normalized spacial score (nSPS) is 14.2. The van der Waals surface area contributed by atoms with Crippen LogP contribution in [-0.2, 0) is 13.1 Å². The molecule has 1 aliphatic heterocycles. The van der Waals surface area contributed by atoms with Crippen molar-refractivity contribution in [1.29, 1.82) is 0 Å². The molecule has 1 heterocycles. The molecule has 2 aromatic carbocycles. The van der Waals surface area contributed by atoms with E-state index in [9.17, 15) is 0 Å². The van der Waals surface area contributed by atoms with Crippen molar-refractivity contribution in [2.24, 2.45) is 0 Å². The molecule has 0 unspecified atom stereocenters. The number of rotatable bonds is 4. The van der Waals surface area contributed by atoms with Crippen LogP contribution in [0.4, 0.5) is 5.69 Å². The molecule has 4 nitrogen and oxygen atoms in total. The predicted octanol–water partition coefficient (Wildman–Crippen LogP) is 2.81. The largest absolute Gasteiger partial charge is 0.497 e. The van der Waals surface area contributed by atoms with Gasteiger partial charge in [0.25, 0.3) is 0 Å². The van der Waals surface area contributed by atoms with Gasteiger partial charge in [-0.3, -0.25) is 0 Å². The number of hydrogen-bond donors (Lipinski definition) is 1. The van der Waals surface area contributed by atoms with Gasteiger partial charge < -0.3 is 19.7 Å². The molecule has 0 saturated heterocycles. The number of methoxy groups -OCH3 is 2. The summed E-state index contributed by atoms with van der Waals surface area (Å²) in [6, 6.07) is 14.5. The monoisotopic (exact) mass is 298 g/mol. The summed E-state index contributed by atoms with van der Waals surface area (Å²) in [5.74, 6) is 1.76. The van der Waals surface area contributed by atoms with E-state index in [1.807, 2.05) is 12.1 Å². The highest BCUT2D eigenvalue weighted by molar-refractivity contribution is 5.55. The van der Waals surface area contributed by atoms with Gasteiger partial charge in [-0.25, -0.2) is 0 Å². The number of nitrogens with one attached hydrogen (secondary N) is 1. The minimum atomic E-state index is 0.805. The summed E-state index contributed by atoms with van der Waals surface area (Å²) >= 11 is 0. The number of anilines is 1. The van der Waals surface area contributed by atoms with Crippen molar-refractivity contribution >= 4 is 5.69 Å². The molecule has 3 rings (SSSR count). The van der Waals surface area contributed by atoms with E-state index in [0.717, 1.165) is 43.2 Å². The highest BCUT2D eigenvalue weighted by Crippen LogP contribution is 2.29. The Bertz CT molecular complexity index is 643. The molecule has 0 saturated carbocycles. The van der Waals surface area contributed by atoms with E-state index in [1.165, 1.54) is 11.3 Å². The van der Waals surface area contributed by atoms with Crippen molar-refractivity contribution in [3.8, 4) is 11.5 Å². The summed E-state index contributed by atoms with van der Waals surface area (Å²) in [6.45, 7) is 3.67. The van der Waals surface area contributed by atoms with Crippen molar-refractivity contribution in [3.05, 3.63) is 53.6 Å². The van der Waals surface area contributed by atoms with Gasteiger partial charge in [0.05, 0.1) is 14.2 Å². The Balaban J connectivity index is 1.92. The van der Waals surface area contributed by atoms with Crippen molar-refractivity contribution in [2.45, 2.75) is 13.1 Å². The molecule has 116 valence electrons. The quantitative estimate of drug-likeness (QED) is 0.941. The zero-order valence-corrected chi connectivity index (χ0v) is 13.1. The maximum Gasteiger partial charge on any atom is 0.124 e. The van der Waals surface area contributed by atoms with Gasteiger partial charge in [-0.05, 0) is 29.8 Å². The number of para-hydroxylation sites is 1. The molecule has 0 fully saturated rings. The van der Waals surface area contributed by atoms with Crippen LogP contribution in [-0.4, -0.2) is 27.3 Å². The van der Waals surface area contributed by atoms with Crippen LogP contribution in [0.5, 0.6) is 11.5 Å². The van der Waals surface area contributed by atoms with Crippen molar-refractivity contribution in [2.75, 3.05) is 32.2 Å². The molecule has 0 radical (unpaired) electrons. The fourth-order valence-electron chi connectivity index (χ4n) is 2.90. The zero-order chi connectivity index (χ0) is 15.4. The van der Waals surface area contributed by atoms with E-state index >= 15 is 0 Å². The molecule has 0 atom stereocenters. The summed E-state index contributed by atoms with van der Waals surface area (Å²) in [7, 11) is 3.40. The Morgan fingerprint density at radius 1 is 1.09 bits per heavy atom. The Morgan fingerprint density at radius 3 is 2.77 bits per heavy atom. The third kappa shape index (κ3) is 3.02. The molecule has 0 bridgehead atoms. The topological polar surface area (TPSA) is 33.7 Å². The minimum Gasteiger partial charge on any atom is -0.497 e. The Kier molecular flexibility index (Phi) is 4.49. The SMILES string of the molecule is COc1ccc(OC)c(CN2CCNCc3ccccc32)c1. The maximum absolute atomic E-state index is 5.51. The van der Waals surface area contributed by atoms with Gasteiger partial charge in [0.2, 0.25) is 0 Å². The smallest absolute Gasteiger partial charge is 0.124 e. The third-order valence-electron chi connectivity index (χ3n) is 4.06. The molecule has 2 aromatic rings. The predicted molar refractivity (Wildman–Crippen MR) is 88.7 cm³/mol. The van der Waals surface area contributed by atoms with E-state index in [0.29, 0.717) is 0 Å². The maximum atomic E-state index is 5.51. The van der Waals surface area contributed by atoms with E-state index in [2.05, 4.69) is 40.5 Å². The van der Waals surface area contributed by atoms with Crippen molar-refractivity contribution in [1.82, 2.24) is 5.32 Å². The molecule has 0 amide bonds. The van der Waals surface area contributed by atoms with Crippen molar-refractivity contribution < 1.29 is 9.47 Å². The fourth-order valence-corrected chi connectivity index (χ4v) is 2.90. The first kappa shape index (κ1) is 14.7. The lowest BCUT2D eigenvalue weighted by Crippen LogP contribution is -2.28. The summed E-state index contributed by atoms with van der Waals surface area (Å²) in [5, 5.41) is 3.47. The first-order valence-electron chi connectivity index (χ1n) is 7.56. The lowest BCUT2D eigenvalue weighted by molar-refractivity contribution is 0.398. The number of fused-ring (bicyclic) bond motifs is 1. The second kappa shape index (κ2) is 6.71. The molecule has 0 aliphatic carbocycles. The summed E-state index contributed by atoms with van der Waals surface area (Å²) in [5.41, 5.74) is 3.76. The standard InChI is InChI=1S/C18H22N2O2/c1-21-16-7-8-18(22-2)15(11-16)13-20-10-9-19-12-14-5-3-4-6-17(14)20/h3-8,11,19H,9-10,12-13H2,1-2H3. The van der Waals surface area contributed by atoms with Crippen LogP contribution >= 0.6 is 0 Å². The molecule has 1 N–H and O–H groups in total. The zero-order valence-electron chi connectivity index (χ0n) is 13.1. The van der Waals surface area contributed by atoms with Crippen LogP contribution in [0.2, 0.25) is 0 Å². The van der Waals surface area contributed by atoms with Crippen LogP contribution in [0.15, 0.2) is 42.5 Å². The Labute approximate surface area is 131 Å². The van der Waals surface area contributed by atoms with Crippen molar-refractivity contribution in [3.63, 3.8) is 0 Å². The number of hydrogen-bond acceptors (Lipinski definition) is 4. The highest BCUT2D eigenvalue weighted by atomic mass is 16.5. The Hall–Kier alpha value is -2.20. The fraction of sp³-hybridized carbons (Fsp3) is 0.333. The third-order valence-corrected chi connectivity index (χ3v) is 4.06. The van der Waals surface area contributed by atoms with E-state index in [1.54, 1.807) is 14.2 Å². The molecule has 22 heavy (non-hydrogen) atoms. The lowest BCUT2D eigenvalue weighted by atomic mass is 10.1. The van der Waals surface area contributed by atoms with Gasteiger partial charge in [-0.2, -0.15) is 0 Å². The van der Waals surface area contributed by atoms with E-state index in [-0.39, 0.29) is 0 Å². The summed E-state index contributed by atoms with van der Waals surface area (Å²) < 4.78 is 10.9. The highest BCUT2D eigenvalue weighted by Gasteiger charge is 2.16. The van der Waals surface area contributed by atoms with Gasteiger partial charge in [-0.1, -0.05) is 18.2 Å². The molecule has 1 aliphatic rings. The number of nitrogens with zero attached hydrogens (tertiary/aromatic N) is 1. The second-order valence-electron chi connectivity index (χ2n) is 5.40. The first-order valence-corrected chi connectivity index (χ1v) is 7.56. The molecule has 4 heteroatoms. The minimum absolute atomic E-state index is 0.805. The van der Waals surface area contributed by atoms with Gasteiger partial charge in [-0.15, -0.1) is 0 Å². The van der Waals surface area contributed by atoms with Crippen LogP contribution in [0.1, 0.15) is 11.1 Å². The van der Waals surface area contributed by atoms with Gasteiger partial charge >= 0.3 is 0 Å². The van der Waals surface area contributed by atoms with E-state index < -0.39 is 0 Å². The van der Waals surface area contributed by atoms with Crippen LogP contribution in [0.25, 0.3) is 0 Å². The molecule has 0 aromatic heterocycles. The van der Waals surface area contributed by atoms with Gasteiger partial charge in [0.15, 0.2) is 0 Å². The van der Waals surface area contributed by atoms with Gasteiger partial charge in [0, 0.05) is 37.4 Å². The molecular weight excluding hydrogens is 276 g/mol. The Morgan fingerprint density at radius 2 is 1.95 bits per heavy atom. The second-order valence-corrected chi connectivity index (χ2v) is 5.40. The van der Waals surface area contributed by atoms with Crippen LogP contribution in [0, 0.1) is 0 Å². The number of ether oxygens (including phenoxy) is 2. The number of benzene rings is 2. The lowest BCUT2D eigenvalue weighted by Gasteiger charge is -2.25. The van der Waals surface area contributed by atoms with Crippen LogP contribution in [0.3, 0.4) is 0 Å². The average molecular weight is 298 g/mol. The summed E-state index contributed by atoms with van der Waals surface area (Å²) in [4.78, 5) is 2.40. The average Bonchev–Trinajstić information content (AvgIpc) is 2.77. The molecular formula is C18H22N2O2. The van der Waals surface area contributed by atoms with E-state index in [4.69, 9.17) is 9.47 Å². The summed E-state index contributed by atoms with van der Waals surface area (Å²) in [6.07, 6.45) is 0.